The topological polar surface area (TPSA) is 101 Å². The Morgan fingerprint density at radius 1 is 1.42 bits per heavy atom. The summed E-state index contributed by atoms with van der Waals surface area (Å²) in [5.74, 6) is -1.60. The second-order valence-electron chi connectivity index (χ2n) is 4.62. The van der Waals surface area contributed by atoms with Crippen molar-refractivity contribution in [2.45, 2.75) is 29.0 Å². The average Bonchev–Trinajstić information content (AvgIpc) is 2.70. The Kier molecular flexibility index (Phi) is 3.40. The van der Waals surface area contributed by atoms with Gasteiger partial charge < -0.3 is 10.4 Å². The molecule has 0 bridgehead atoms. The third kappa shape index (κ3) is 2.64. The maximum absolute atomic E-state index is 11.9. The third-order valence-electron chi connectivity index (χ3n) is 3.17. The van der Waals surface area contributed by atoms with E-state index in [1.807, 2.05) is 0 Å². The van der Waals surface area contributed by atoms with E-state index < -0.39 is 27.3 Å². The van der Waals surface area contributed by atoms with E-state index in [0.29, 0.717) is 12.8 Å². The highest BCUT2D eigenvalue weighted by atomic mass is 32.2. The molecule has 0 aliphatic heterocycles. The maximum Gasteiger partial charge on any atom is 0.329 e. The van der Waals surface area contributed by atoms with Gasteiger partial charge in [0.25, 0.3) is 5.91 Å². The van der Waals surface area contributed by atoms with Crippen LogP contribution in [0.1, 0.15) is 29.6 Å². The number of nitrogens with one attached hydrogen (secondary N) is 1. The van der Waals surface area contributed by atoms with Gasteiger partial charge in [0, 0.05) is 11.6 Å². The van der Waals surface area contributed by atoms with Crippen molar-refractivity contribution in [1.29, 1.82) is 0 Å². The number of carboxylic acid groups (broad SMARTS) is 1. The summed E-state index contributed by atoms with van der Waals surface area (Å²) in [6.07, 6.45) is 2.62. The SMILES string of the molecule is CS(=O)(=O)c1cc(C(=O)NC2(C(=O)O)CCC2)cs1. The molecular formula is C11H13NO5S2. The van der Waals surface area contributed by atoms with E-state index in [1.165, 1.54) is 11.4 Å². The van der Waals surface area contributed by atoms with E-state index in [4.69, 9.17) is 5.11 Å². The molecule has 1 amide bonds. The third-order valence-corrected chi connectivity index (χ3v) is 5.94. The van der Waals surface area contributed by atoms with Crippen LogP contribution in [0.4, 0.5) is 0 Å². The van der Waals surface area contributed by atoms with Crippen LogP contribution in [0.25, 0.3) is 0 Å². The molecule has 0 saturated heterocycles. The van der Waals surface area contributed by atoms with Crippen molar-refractivity contribution in [2.24, 2.45) is 0 Å². The first-order valence-corrected chi connectivity index (χ1v) is 8.36. The van der Waals surface area contributed by atoms with Crippen molar-refractivity contribution < 1.29 is 23.1 Å². The number of hydrogen-bond donors (Lipinski definition) is 2. The predicted octanol–water partition coefficient (Wildman–Crippen LogP) is 0.889. The smallest absolute Gasteiger partial charge is 0.329 e. The lowest BCUT2D eigenvalue weighted by Gasteiger charge is -2.38. The van der Waals surface area contributed by atoms with Gasteiger partial charge in [-0.05, 0) is 25.3 Å². The molecule has 0 spiro atoms. The molecule has 0 atom stereocenters. The van der Waals surface area contributed by atoms with Gasteiger partial charge in [0.15, 0.2) is 9.84 Å². The summed E-state index contributed by atoms with van der Waals surface area (Å²) in [4.78, 5) is 23.1. The molecule has 2 N–H and O–H groups in total. The minimum Gasteiger partial charge on any atom is -0.480 e. The Hall–Kier alpha value is -1.41. The van der Waals surface area contributed by atoms with Crippen LogP contribution >= 0.6 is 11.3 Å². The molecule has 1 heterocycles. The molecule has 0 aromatic carbocycles. The van der Waals surface area contributed by atoms with Crippen LogP contribution in [0, 0.1) is 0 Å². The number of thiophene rings is 1. The molecular weight excluding hydrogens is 290 g/mol. The van der Waals surface area contributed by atoms with Gasteiger partial charge in [-0.1, -0.05) is 0 Å². The Morgan fingerprint density at radius 3 is 2.42 bits per heavy atom. The van der Waals surface area contributed by atoms with E-state index in [2.05, 4.69) is 5.32 Å². The van der Waals surface area contributed by atoms with Gasteiger partial charge in [-0.2, -0.15) is 0 Å². The standard InChI is InChI=1S/C11H13NO5S2/c1-19(16,17)8-5-7(6-18-8)9(13)12-11(10(14)15)3-2-4-11/h5-6H,2-4H2,1H3,(H,12,13)(H,14,15). The van der Waals surface area contributed by atoms with Crippen molar-refractivity contribution in [3.8, 4) is 0 Å². The van der Waals surface area contributed by atoms with Crippen LogP contribution in [0.15, 0.2) is 15.7 Å². The average molecular weight is 303 g/mol. The lowest BCUT2D eigenvalue weighted by atomic mass is 9.76. The molecule has 1 fully saturated rings. The first-order valence-electron chi connectivity index (χ1n) is 5.59. The summed E-state index contributed by atoms with van der Waals surface area (Å²) in [7, 11) is -3.34. The molecule has 6 nitrogen and oxygen atoms in total. The fourth-order valence-corrected chi connectivity index (χ4v) is 3.64. The first-order chi connectivity index (χ1) is 8.74. The fraction of sp³-hybridized carbons (Fsp3) is 0.455. The predicted molar refractivity (Wildman–Crippen MR) is 69.1 cm³/mol. The molecule has 8 heteroatoms. The van der Waals surface area contributed by atoms with Gasteiger partial charge >= 0.3 is 5.97 Å². The number of carbonyl (C=O) groups is 2. The van der Waals surface area contributed by atoms with Gasteiger partial charge in [0.1, 0.15) is 9.75 Å². The van der Waals surface area contributed by atoms with Crippen LogP contribution in [0.3, 0.4) is 0 Å². The van der Waals surface area contributed by atoms with Crippen LogP contribution < -0.4 is 5.32 Å². The molecule has 1 aliphatic carbocycles. The van der Waals surface area contributed by atoms with Gasteiger partial charge in [-0.3, -0.25) is 4.79 Å². The molecule has 2 rings (SSSR count). The highest BCUT2D eigenvalue weighted by molar-refractivity contribution is 7.92. The molecule has 1 aromatic rings. The zero-order chi connectivity index (χ0) is 14.3. The lowest BCUT2D eigenvalue weighted by Crippen LogP contribution is -2.59. The van der Waals surface area contributed by atoms with Crippen LogP contribution in [-0.2, 0) is 14.6 Å². The number of hydrogen-bond acceptors (Lipinski definition) is 5. The zero-order valence-corrected chi connectivity index (χ0v) is 11.8. The maximum atomic E-state index is 11.9. The summed E-state index contributed by atoms with van der Waals surface area (Å²) >= 11 is 0.949. The molecule has 104 valence electrons. The zero-order valence-electron chi connectivity index (χ0n) is 10.2. The minimum absolute atomic E-state index is 0.0932. The molecule has 1 aromatic heterocycles. The quantitative estimate of drug-likeness (QED) is 0.860. The number of sulfone groups is 1. The lowest BCUT2D eigenvalue weighted by molar-refractivity contribution is -0.148. The van der Waals surface area contributed by atoms with E-state index in [9.17, 15) is 18.0 Å². The number of carbonyl (C=O) groups excluding carboxylic acids is 1. The molecule has 1 saturated carbocycles. The molecule has 0 radical (unpaired) electrons. The fourth-order valence-electron chi connectivity index (χ4n) is 1.84. The van der Waals surface area contributed by atoms with E-state index >= 15 is 0 Å². The summed E-state index contributed by atoms with van der Waals surface area (Å²) in [6.45, 7) is 0. The number of carboxylic acids is 1. The first kappa shape index (κ1) is 14.0. The highest BCUT2D eigenvalue weighted by Gasteiger charge is 2.45. The normalized spacial score (nSPS) is 17.5. The van der Waals surface area contributed by atoms with Crippen molar-refractivity contribution >= 4 is 33.1 Å². The second kappa shape index (κ2) is 4.61. The Labute approximate surface area is 114 Å². The monoisotopic (exact) mass is 303 g/mol. The van der Waals surface area contributed by atoms with Crippen LogP contribution in [-0.4, -0.2) is 37.2 Å². The Morgan fingerprint density at radius 2 is 2.05 bits per heavy atom. The molecule has 19 heavy (non-hydrogen) atoms. The molecule has 0 unspecified atom stereocenters. The van der Waals surface area contributed by atoms with E-state index in [0.717, 1.165) is 24.0 Å². The van der Waals surface area contributed by atoms with Crippen molar-refractivity contribution in [2.75, 3.05) is 6.26 Å². The Balaban J connectivity index is 2.17. The highest BCUT2D eigenvalue weighted by Crippen LogP contribution is 2.32. The largest absolute Gasteiger partial charge is 0.480 e. The number of aliphatic carboxylic acids is 1. The van der Waals surface area contributed by atoms with E-state index in [-0.39, 0.29) is 9.77 Å². The van der Waals surface area contributed by atoms with Crippen molar-refractivity contribution in [3.63, 3.8) is 0 Å². The summed E-state index contributed by atoms with van der Waals surface area (Å²) < 4.78 is 22.7. The van der Waals surface area contributed by atoms with Crippen LogP contribution in [0.5, 0.6) is 0 Å². The van der Waals surface area contributed by atoms with Gasteiger partial charge in [0.2, 0.25) is 0 Å². The number of amides is 1. The number of rotatable bonds is 4. The summed E-state index contributed by atoms with van der Waals surface area (Å²) in [5, 5.41) is 13.0. The molecule has 1 aliphatic rings. The summed E-state index contributed by atoms with van der Waals surface area (Å²) in [6, 6.07) is 1.27. The minimum atomic E-state index is -3.34. The van der Waals surface area contributed by atoms with Gasteiger partial charge in [0.05, 0.1) is 5.56 Å². The van der Waals surface area contributed by atoms with Gasteiger partial charge in [-0.15, -0.1) is 11.3 Å². The van der Waals surface area contributed by atoms with Crippen LogP contribution in [0.2, 0.25) is 0 Å². The Bertz CT molecular complexity index is 627. The van der Waals surface area contributed by atoms with E-state index in [1.54, 1.807) is 0 Å². The van der Waals surface area contributed by atoms with Gasteiger partial charge in [-0.25, -0.2) is 13.2 Å². The second-order valence-corrected chi connectivity index (χ2v) is 7.78. The van der Waals surface area contributed by atoms with Crippen molar-refractivity contribution in [3.05, 3.63) is 17.0 Å². The van der Waals surface area contributed by atoms with Crippen molar-refractivity contribution in [1.82, 2.24) is 5.32 Å². The summed E-state index contributed by atoms with van der Waals surface area (Å²) in [5.41, 5.74) is -1.01.